The van der Waals surface area contributed by atoms with Crippen LogP contribution in [0, 0.1) is 30.6 Å². The zero-order chi connectivity index (χ0) is 32.1. The summed E-state index contributed by atoms with van der Waals surface area (Å²) in [4.78, 5) is 15.3. The number of benzene rings is 3. The summed E-state index contributed by atoms with van der Waals surface area (Å²) in [7, 11) is 0. The van der Waals surface area contributed by atoms with Crippen LogP contribution in [0.1, 0.15) is 60.4 Å². The molecule has 1 aliphatic carbocycles. The third kappa shape index (κ3) is 5.91. The third-order valence-corrected chi connectivity index (χ3v) is 8.71. The molecule has 10 heteroatoms. The molecule has 0 aromatic heterocycles. The van der Waals surface area contributed by atoms with Crippen molar-refractivity contribution >= 4 is 34.7 Å². The molecule has 1 heterocycles. The van der Waals surface area contributed by atoms with Crippen LogP contribution in [-0.2, 0) is 17.6 Å². The number of alkyl halides is 3. The quantitative estimate of drug-likeness (QED) is 0.301. The second-order valence-electron chi connectivity index (χ2n) is 12.0. The van der Waals surface area contributed by atoms with Gasteiger partial charge in [0.05, 0.1) is 33.8 Å². The normalized spacial score (nSPS) is 18.3. The Morgan fingerprint density at radius 2 is 1.73 bits per heavy atom. The van der Waals surface area contributed by atoms with Crippen molar-refractivity contribution in [3.63, 3.8) is 0 Å². The van der Waals surface area contributed by atoms with Gasteiger partial charge in [-0.3, -0.25) is 9.69 Å². The highest BCUT2D eigenvalue weighted by Crippen LogP contribution is 2.52. The molecule has 228 valence electrons. The molecule has 1 unspecified atom stereocenters. The fraction of sp³-hybridized carbons (Fsp3) is 0.294. The molecule has 3 aromatic carbocycles. The number of allylic oxidation sites excluding steroid dienone is 3. The number of nitrogens with zero attached hydrogens (tertiary/aromatic N) is 2. The lowest BCUT2D eigenvalue weighted by Gasteiger charge is -2.44. The van der Waals surface area contributed by atoms with Crippen LogP contribution < -0.4 is 15.4 Å². The monoisotopic (exact) mass is 639 g/mol. The Morgan fingerprint density at radius 3 is 2.36 bits per heavy atom. The Morgan fingerprint density at radius 1 is 1.05 bits per heavy atom. The first kappa shape index (κ1) is 31.5. The minimum atomic E-state index is -4.64. The second-order valence-corrected chi connectivity index (χ2v) is 12.9. The van der Waals surface area contributed by atoms with Gasteiger partial charge in [0.15, 0.2) is 5.78 Å². The summed E-state index contributed by atoms with van der Waals surface area (Å²) in [6, 6.07) is 16.0. The van der Waals surface area contributed by atoms with Crippen LogP contribution in [0.15, 0.2) is 77.3 Å². The molecular weight excluding hydrogens is 610 g/mol. The summed E-state index contributed by atoms with van der Waals surface area (Å²) in [6.45, 7) is 7.89. The van der Waals surface area contributed by atoms with E-state index >= 15 is 0 Å². The summed E-state index contributed by atoms with van der Waals surface area (Å²) < 4.78 is 47.3. The van der Waals surface area contributed by atoms with Crippen LogP contribution in [0.5, 0.6) is 5.75 Å². The van der Waals surface area contributed by atoms with Gasteiger partial charge >= 0.3 is 6.18 Å². The molecule has 5 nitrogen and oxygen atoms in total. The minimum absolute atomic E-state index is 0.00696. The Hall–Kier alpha value is -3.93. The Kier molecular flexibility index (Phi) is 8.25. The Labute approximate surface area is 264 Å². The maximum absolute atomic E-state index is 14.0. The number of carbonyl (C=O) groups excluding carboxylic acids is 1. The Bertz CT molecular complexity index is 1770. The molecule has 1 aliphatic heterocycles. The van der Waals surface area contributed by atoms with E-state index in [-0.39, 0.29) is 40.9 Å². The SMILES string of the molecule is Cc1cc(C)c(C2C(C#N)=C(N)N(c3cc(C(F)(F)F)ccc3Cl)C3=C2C(=O)CC(C)(C)C3)cc1COc1ccc(Cl)cc1. The predicted octanol–water partition coefficient (Wildman–Crippen LogP) is 9.15. The molecule has 44 heavy (non-hydrogen) atoms. The van der Waals surface area contributed by atoms with Crippen molar-refractivity contribution < 1.29 is 22.7 Å². The number of carbonyl (C=O) groups is 1. The van der Waals surface area contributed by atoms with E-state index in [0.717, 1.165) is 34.9 Å². The summed E-state index contributed by atoms with van der Waals surface area (Å²) in [5.74, 6) is -0.469. The van der Waals surface area contributed by atoms with E-state index in [9.17, 15) is 23.2 Å². The van der Waals surface area contributed by atoms with Crippen molar-refractivity contribution in [2.75, 3.05) is 4.90 Å². The van der Waals surface area contributed by atoms with Gasteiger partial charge in [0.1, 0.15) is 18.2 Å². The molecular formula is C34H30Cl2F3N3O2. The van der Waals surface area contributed by atoms with Crippen molar-refractivity contribution in [1.29, 1.82) is 5.26 Å². The molecule has 0 fully saturated rings. The summed E-state index contributed by atoms with van der Waals surface area (Å²) in [6.07, 6.45) is -4.12. The largest absolute Gasteiger partial charge is 0.489 e. The van der Waals surface area contributed by atoms with Crippen molar-refractivity contribution in [2.45, 2.75) is 59.2 Å². The average Bonchev–Trinajstić information content (AvgIpc) is 2.92. The highest BCUT2D eigenvalue weighted by molar-refractivity contribution is 6.33. The van der Waals surface area contributed by atoms with E-state index in [4.69, 9.17) is 33.7 Å². The van der Waals surface area contributed by atoms with Gasteiger partial charge in [-0.05, 0) is 90.4 Å². The number of anilines is 1. The van der Waals surface area contributed by atoms with Gasteiger partial charge in [-0.2, -0.15) is 18.4 Å². The van der Waals surface area contributed by atoms with Gasteiger partial charge in [0.2, 0.25) is 0 Å². The molecule has 0 saturated carbocycles. The summed E-state index contributed by atoms with van der Waals surface area (Å²) >= 11 is 12.5. The van der Waals surface area contributed by atoms with E-state index in [1.807, 2.05) is 39.8 Å². The number of nitriles is 1. The first-order valence-corrected chi connectivity index (χ1v) is 14.7. The molecule has 0 bridgehead atoms. The fourth-order valence-electron chi connectivity index (χ4n) is 6.03. The molecule has 5 rings (SSSR count). The van der Waals surface area contributed by atoms with Crippen LogP contribution in [-0.4, -0.2) is 5.78 Å². The number of ketones is 1. The van der Waals surface area contributed by atoms with Crippen LogP contribution in [0.2, 0.25) is 10.0 Å². The van der Waals surface area contributed by atoms with Crippen molar-refractivity contribution in [3.05, 3.63) is 115 Å². The van der Waals surface area contributed by atoms with Crippen molar-refractivity contribution in [3.8, 4) is 11.8 Å². The first-order valence-electron chi connectivity index (χ1n) is 13.9. The number of ether oxygens (including phenoxy) is 1. The number of aryl methyl sites for hydroxylation is 2. The van der Waals surface area contributed by atoms with E-state index < -0.39 is 23.1 Å². The smallest absolute Gasteiger partial charge is 0.416 e. The lowest BCUT2D eigenvalue weighted by Crippen LogP contribution is -2.42. The second kappa shape index (κ2) is 11.5. The molecule has 1 atom stereocenters. The van der Waals surface area contributed by atoms with Crippen LogP contribution in [0.4, 0.5) is 18.9 Å². The minimum Gasteiger partial charge on any atom is -0.489 e. The molecule has 0 saturated heterocycles. The van der Waals surface area contributed by atoms with E-state index in [2.05, 4.69) is 6.07 Å². The van der Waals surface area contributed by atoms with Crippen LogP contribution in [0.25, 0.3) is 0 Å². The van der Waals surface area contributed by atoms with Crippen molar-refractivity contribution in [1.82, 2.24) is 0 Å². The maximum Gasteiger partial charge on any atom is 0.416 e. The van der Waals surface area contributed by atoms with Gasteiger partial charge < -0.3 is 10.5 Å². The molecule has 0 spiro atoms. The van der Waals surface area contributed by atoms with Crippen LogP contribution in [0.3, 0.4) is 0 Å². The number of hydrogen-bond acceptors (Lipinski definition) is 5. The van der Waals surface area contributed by atoms with Gasteiger partial charge in [0.25, 0.3) is 0 Å². The highest BCUT2D eigenvalue weighted by atomic mass is 35.5. The van der Waals surface area contributed by atoms with E-state index in [1.54, 1.807) is 24.3 Å². The van der Waals surface area contributed by atoms with Gasteiger partial charge in [-0.1, -0.05) is 49.2 Å². The predicted molar refractivity (Wildman–Crippen MR) is 165 cm³/mol. The lowest BCUT2D eigenvalue weighted by atomic mass is 9.68. The van der Waals surface area contributed by atoms with E-state index in [1.165, 1.54) is 4.90 Å². The number of hydrogen-bond donors (Lipinski definition) is 1. The standard InChI is InChI=1S/C34H30Cl2F3N3O2/c1-18-11-19(2)24(12-20(18)17-44-23-8-6-22(35)7-9-23)30-25(16-40)32(41)42(28-14-33(3,4)15-29(43)31(28)30)27-13-21(34(37,38)39)5-10-26(27)36/h5-13,30H,14-15,17,41H2,1-4H3. The lowest BCUT2D eigenvalue weighted by molar-refractivity contribution is -0.137. The molecule has 3 aromatic rings. The molecule has 2 N–H and O–H groups in total. The Balaban J connectivity index is 1.69. The zero-order valence-electron chi connectivity index (χ0n) is 24.6. The van der Waals surface area contributed by atoms with Gasteiger partial charge in [0, 0.05) is 22.7 Å². The summed E-state index contributed by atoms with van der Waals surface area (Å²) in [5, 5.41) is 11.1. The number of rotatable bonds is 5. The van der Waals surface area contributed by atoms with Crippen molar-refractivity contribution in [2.24, 2.45) is 11.1 Å². The molecule has 0 radical (unpaired) electrons. The zero-order valence-corrected chi connectivity index (χ0v) is 26.1. The molecule has 2 aliphatic rings. The fourth-order valence-corrected chi connectivity index (χ4v) is 6.36. The molecule has 0 amide bonds. The van der Waals surface area contributed by atoms with E-state index in [0.29, 0.717) is 34.0 Å². The number of halogens is 5. The first-order chi connectivity index (χ1) is 20.6. The number of nitrogens with two attached hydrogens (primary N) is 1. The van der Waals surface area contributed by atoms with Gasteiger partial charge in [-0.15, -0.1) is 0 Å². The number of Topliss-reactive ketones (excluding diaryl/α,β-unsaturated/α-hetero) is 1. The van der Waals surface area contributed by atoms with Gasteiger partial charge in [-0.25, -0.2) is 0 Å². The third-order valence-electron chi connectivity index (χ3n) is 8.14. The topological polar surface area (TPSA) is 79.4 Å². The highest BCUT2D eigenvalue weighted by Gasteiger charge is 2.46. The van der Waals surface area contributed by atoms with Crippen LogP contribution >= 0.6 is 23.2 Å². The summed E-state index contributed by atoms with van der Waals surface area (Å²) in [5.41, 5.74) is 9.36. The average molecular weight is 641 g/mol. The maximum atomic E-state index is 14.0.